The Bertz CT molecular complexity index is 666. The van der Waals surface area contributed by atoms with Gasteiger partial charge in [0.15, 0.2) is 0 Å². The van der Waals surface area contributed by atoms with Gasteiger partial charge in [0.05, 0.1) is 31.0 Å². The normalized spacial score (nSPS) is 20.7. The largest absolute Gasteiger partial charge is 0.497 e. The minimum atomic E-state index is -0.408. The fourth-order valence-electron chi connectivity index (χ4n) is 3.12. The number of carbonyl (C=O) groups excluding carboxylic acids is 2. The summed E-state index contributed by atoms with van der Waals surface area (Å²) in [6.07, 6.45) is 0.893. The minimum absolute atomic E-state index is 0.00881. The molecule has 6 heteroatoms. The van der Waals surface area contributed by atoms with Crippen molar-refractivity contribution < 1.29 is 14.3 Å². The van der Waals surface area contributed by atoms with Crippen LogP contribution in [0.15, 0.2) is 35.5 Å². The van der Waals surface area contributed by atoms with Gasteiger partial charge in [-0.05, 0) is 24.1 Å². The van der Waals surface area contributed by atoms with Crippen molar-refractivity contribution in [2.75, 3.05) is 27.2 Å². The second-order valence-electron chi connectivity index (χ2n) is 5.80. The maximum atomic E-state index is 12.8. The number of methoxy groups -OCH3 is 1. The highest BCUT2D eigenvalue weighted by molar-refractivity contribution is 6.01. The molecule has 0 spiro atoms. The third-order valence-corrected chi connectivity index (χ3v) is 4.38. The zero-order valence-corrected chi connectivity index (χ0v) is 13.6. The van der Waals surface area contributed by atoms with E-state index in [0.29, 0.717) is 18.7 Å². The van der Waals surface area contributed by atoms with Crippen LogP contribution in [-0.2, 0) is 4.79 Å². The first-order chi connectivity index (χ1) is 11.1. The third kappa shape index (κ3) is 2.54. The fourth-order valence-corrected chi connectivity index (χ4v) is 3.12. The Hall–Kier alpha value is -2.50. The van der Waals surface area contributed by atoms with Crippen molar-refractivity contribution in [3.05, 3.63) is 41.1 Å². The summed E-state index contributed by atoms with van der Waals surface area (Å²) in [7, 11) is 3.31. The number of carbonyl (C=O) groups is 2. The van der Waals surface area contributed by atoms with Gasteiger partial charge in [-0.2, -0.15) is 0 Å². The monoisotopic (exact) mass is 315 g/mol. The van der Waals surface area contributed by atoms with E-state index in [4.69, 9.17) is 4.74 Å². The van der Waals surface area contributed by atoms with E-state index in [1.165, 1.54) is 0 Å². The van der Waals surface area contributed by atoms with Crippen LogP contribution in [0.1, 0.15) is 24.9 Å². The Balaban J connectivity index is 1.99. The molecule has 0 radical (unpaired) electrons. The van der Waals surface area contributed by atoms with Gasteiger partial charge in [0, 0.05) is 13.6 Å². The van der Waals surface area contributed by atoms with Crippen molar-refractivity contribution >= 4 is 11.9 Å². The van der Waals surface area contributed by atoms with Gasteiger partial charge in [-0.1, -0.05) is 19.1 Å². The Kier molecular flexibility index (Phi) is 3.98. The minimum Gasteiger partial charge on any atom is -0.497 e. The number of nitrogens with one attached hydrogen (secondary N) is 1. The molecule has 0 fully saturated rings. The molecule has 0 aromatic heterocycles. The number of hydrogen-bond donors (Lipinski definition) is 1. The lowest BCUT2D eigenvalue weighted by atomic mass is 9.95. The summed E-state index contributed by atoms with van der Waals surface area (Å²) in [5, 5.41) is 2.93. The predicted octanol–water partition coefficient (Wildman–Crippen LogP) is 1.90. The lowest BCUT2D eigenvalue weighted by Gasteiger charge is -2.31. The van der Waals surface area contributed by atoms with Crippen LogP contribution in [0.2, 0.25) is 0 Å². The maximum absolute atomic E-state index is 12.8. The van der Waals surface area contributed by atoms with Crippen LogP contribution in [0.3, 0.4) is 0 Å². The molecule has 6 nitrogen and oxygen atoms in total. The van der Waals surface area contributed by atoms with Crippen LogP contribution in [0, 0.1) is 0 Å². The lowest BCUT2D eigenvalue weighted by Crippen LogP contribution is -2.45. The molecule has 1 atom stereocenters. The number of nitrogens with zero attached hydrogens (tertiary/aromatic N) is 2. The highest BCUT2D eigenvalue weighted by Gasteiger charge is 2.42. The van der Waals surface area contributed by atoms with Gasteiger partial charge in [0.2, 0.25) is 0 Å². The first-order valence-electron chi connectivity index (χ1n) is 7.77. The number of urea groups is 1. The highest BCUT2D eigenvalue weighted by atomic mass is 16.5. The van der Waals surface area contributed by atoms with E-state index in [2.05, 4.69) is 5.32 Å². The third-order valence-electron chi connectivity index (χ3n) is 4.38. The summed E-state index contributed by atoms with van der Waals surface area (Å²) in [6.45, 7) is 3.24. The van der Waals surface area contributed by atoms with Gasteiger partial charge >= 0.3 is 6.03 Å². The van der Waals surface area contributed by atoms with Crippen LogP contribution in [-0.4, -0.2) is 49.0 Å². The Morgan fingerprint density at radius 1 is 1.26 bits per heavy atom. The number of rotatable bonds is 4. The second-order valence-corrected chi connectivity index (χ2v) is 5.80. The van der Waals surface area contributed by atoms with E-state index in [-0.39, 0.29) is 11.9 Å². The summed E-state index contributed by atoms with van der Waals surface area (Å²) < 4.78 is 5.17. The quantitative estimate of drug-likeness (QED) is 0.923. The first-order valence-corrected chi connectivity index (χ1v) is 7.77. The molecule has 0 saturated heterocycles. The molecule has 2 aliphatic heterocycles. The number of benzene rings is 1. The number of hydrogen-bond acceptors (Lipinski definition) is 3. The molecule has 0 saturated carbocycles. The molecular formula is C17H21N3O3. The lowest BCUT2D eigenvalue weighted by molar-refractivity contribution is -0.125. The zero-order chi connectivity index (χ0) is 16.6. The van der Waals surface area contributed by atoms with Gasteiger partial charge < -0.3 is 15.0 Å². The zero-order valence-electron chi connectivity index (χ0n) is 13.6. The van der Waals surface area contributed by atoms with Gasteiger partial charge in [-0.15, -0.1) is 0 Å². The topological polar surface area (TPSA) is 61.9 Å². The predicted molar refractivity (Wildman–Crippen MR) is 85.9 cm³/mol. The van der Waals surface area contributed by atoms with Crippen LogP contribution in [0.4, 0.5) is 4.79 Å². The molecule has 2 aliphatic rings. The van der Waals surface area contributed by atoms with Crippen molar-refractivity contribution in [1.29, 1.82) is 0 Å². The van der Waals surface area contributed by atoms with E-state index in [0.717, 1.165) is 23.4 Å². The van der Waals surface area contributed by atoms with E-state index < -0.39 is 6.04 Å². The smallest absolute Gasteiger partial charge is 0.322 e. The van der Waals surface area contributed by atoms with Crippen LogP contribution >= 0.6 is 0 Å². The average Bonchev–Trinajstić information content (AvgIpc) is 2.89. The van der Waals surface area contributed by atoms with E-state index >= 15 is 0 Å². The van der Waals surface area contributed by atoms with Gasteiger partial charge in [0.1, 0.15) is 5.75 Å². The van der Waals surface area contributed by atoms with Crippen molar-refractivity contribution in [3.63, 3.8) is 0 Å². The van der Waals surface area contributed by atoms with E-state index in [1.807, 2.05) is 31.2 Å². The fraction of sp³-hybridized carbons (Fsp3) is 0.412. The number of likely N-dealkylation sites (N-methyl/N-ethyl adjacent to an activating group) is 1. The van der Waals surface area contributed by atoms with Crippen LogP contribution in [0.25, 0.3) is 0 Å². The number of amides is 3. The summed E-state index contributed by atoms with van der Waals surface area (Å²) in [5.41, 5.74) is 2.35. The van der Waals surface area contributed by atoms with Crippen LogP contribution < -0.4 is 10.1 Å². The van der Waals surface area contributed by atoms with Gasteiger partial charge in [-0.3, -0.25) is 9.69 Å². The summed E-state index contributed by atoms with van der Waals surface area (Å²) in [4.78, 5) is 28.3. The molecule has 2 heterocycles. The van der Waals surface area contributed by atoms with Crippen LogP contribution in [0.5, 0.6) is 5.75 Å². The van der Waals surface area contributed by atoms with Crippen molar-refractivity contribution in [2.24, 2.45) is 0 Å². The Morgan fingerprint density at radius 3 is 2.57 bits per heavy atom. The molecular weight excluding hydrogens is 294 g/mol. The average molecular weight is 315 g/mol. The molecule has 23 heavy (non-hydrogen) atoms. The summed E-state index contributed by atoms with van der Waals surface area (Å²) >= 11 is 0. The summed E-state index contributed by atoms with van der Waals surface area (Å²) in [6, 6.07) is 6.85. The highest BCUT2D eigenvalue weighted by Crippen LogP contribution is 2.36. The van der Waals surface area contributed by atoms with Gasteiger partial charge in [0.25, 0.3) is 5.91 Å². The van der Waals surface area contributed by atoms with Gasteiger partial charge in [-0.25, -0.2) is 4.79 Å². The SMILES string of the molecule is CCCN1CC2=C(C1=O)C(c1ccc(OC)cc1)NC(=O)N2C. The van der Waals surface area contributed by atoms with Crippen molar-refractivity contribution in [1.82, 2.24) is 15.1 Å². The second kappa shape index (κ2) is 5.95. The molecule has 3 amide bonds. The Labute approximate surface area is 135 Å². The molecule has 1 aromatic carbocycles. The maximum Gasteiger partial charge on any atom is 0.322 e. The first kappa shape index (κ1) is 15.4. The number of ether oxygens (including phenoxy) is 1. The van der Waals surface area contributed by atoms with E-state index in [1.54, 1.807) is 24.0 Å². The molecule has 1 unspecified atom stereocenters. The molecule has 0 aliphatic carbocycles. The van der Waals surface area contributed by atoms with Crippen molar-refractivity contribution in [2.45, 2.75) is 19.4 Å². The van der Waals surface area contributed by atoms with E-state index in [9.17, 15) is 9.59 Å². The molecule has 3 rings (SSSR count). The summed E-state index contributed by atoms with van der Waals surface area (Å²) in [5.74, 6) is 0.752. The standard InChI is InChI=1S/C17H21N3O3/c1-4-9-20-10-13-14(16(20)21)15(18-17(22)19(13)2)11-5-7-12(23-3)8-6-11/h5-8,15H,4,9-10H2,1-3H3,(H,18,22). The molecule has 1 N–H and O–H groups in total. The molecule has 1 aromatic rings. The molecule has 0 bridgehead atoms. The molecule has 122 valence electrons. The Morgan fingerprint density at radius 2 is 1.96 bits per heavy atom. The van der Waals surface area contributed by atoms with Crippen molar-refractivity contribution in [3.8, 4) is 5.75 Å².